The number of rotatable bonds is 4. The van der Waals surface area contributed by atoms with Crippen molar-refractivity contribution in [2.45, 2.75) is 62.5 Å². The molecule has 0 radical (unpaired) electrons. The van der Waals surface area contributed by atoms with Crippen molar-refractivity contribution in [2.75, 3.05) is 0 Å². The highest BCUT2D eigenvalue weighted by atomic mass is 32.2. The van der Waals surface area contributed by atoms with Gasteiger partial charge >= 0.3 is 5.97 Å². The molecule has 0 spiro atoms. The van der Waals surface area contributed by atoms with Crippen molar-refractivity contribution >= 4 is 17.7 Å². The zero-order chi connectivity index (χ0) is 12.3. The lowest BCUT2D eigenvalue weighted by Crippen LogP contribution is -2.47. The summed E-state index contributed by atoms with van der Waals surface area (Å²) in [6, 6.07) is -0.783. The molecule has 4 heteroatoms. The highest BCUT2D eigenvalue weighted by molar-refractivity contribution is 8.01. The molecule has 3 nitrogen and oxygen atoms in total. The Morgan fingerprint density at radius 2 is 2.12 bits per heavy atom. The summed E-state index contributed by atoms with van der Waals surface area (Å²) in [5, 5.41) is 9.53. The molecule has 1 saturated carbocycles. The van der Waals surface area contributed by atoms with Gasteiger partial charge < -0.3 is 10.8 Å². The third kappa shape index (κ3) is 3.67. The van der Waals surface area contributed by atoms with Gasteiger partial charge in [0.15, 0.2) is 0 Å². The largest absolute Gasteiger partial charge is 0.480 e. The molecular formula is C12H23NO2S. The van der Waals surface area contributed by atoms with Crippen LogP contribution in [-0.2, 0) is 4.79 Å². The Labute approximate surface area is 102 Å². The number of carboxylic acid groups (broad SMARTS) is 1. The van der Waals surface area contributed by atoms with Crippen LogP contribution in [0.5, 0.6) is 0 Å². The summed E-state index contributed by atoms with van der Waals surface area (Å²) < 4.78 is -0.381. The lowest BCUT2D eigenvalue weighted by atomic mass is 9.90. The number of hydrogen-bond donors (Lipinski definition) is 2. The Hall–Kier alpha value is -0.220. The van der Waals surface area contributed by atoms with Gasteiger partial charge in [-0.05, 0) is 32.6 Å². The molecular weight excluding hydrogens is 222 g/mol. The van der Waals surface area contributed by atoms with Gasteiger partial charge in [-0.3, -0.25) is 4.79 Å². The van der Waals surface area contributed by atoms with Crippen molar-refractivity contribution in [3.8, 4) is 0 Å². The second kappa shape index (κ2) is 5.41. The summed E-state index contributed by atoms with van der Waals surface area (Å²) in [5.74, 6) is -0.135. The van der Waals surface area contributed by atoms with Gasteiger partial charge in [-0.25, -0.2) is 0 Å². The van der Waals surface area contributed by atoms with Crippen molar-refractivity contribution in [2.24, 2.45) is 11.7 Å². The maximum absolute atomic E-state index is 10.9. The highest BCUT2D eigenvalue weighted by Crippen LogP contribution is 2.39. The summed E-state index contributed by atoms with van der Waals surface area (Å²) in [7, 11) is 0. The average Bonchev–Trinajstić information content (AvgIpc) is 2.15. The predicted octanol–water partition coefficient (Wildman–Crippen LogP) is 2.49. The first-order valence-electron chi connectivity index (χ1n) is 5.99. The Bertz CT molecular complexity index is 255. The van der Waals surface area contributed by atoms with Crippen molar-refractivity contribution in [3.63, 3.8) is 0 Å². The Morgan fingerprint density at radius 3 is 2.62 bits per heavy atom. The third-order valence-corrected chi connectivity index (χ3v) is 5.00. The Kier molecular flexibility index (Phi) is 4.68. The summed E-state index contributed by atoms with van der Waals surface area (Å²) in [5.41, 5.74) is 5.73. The van der Waals surface area contributed by atoms with Crippen LogP contribution in [-0.4, -0.2) is 27.1 Å². The van der Waals surface area contributed by atoms with Gasteiger partial charge in [0.1, 0.15) is 6.04 Å². The van der Waals surface area contributed by atoms with E-state index in [0.29, 0.717) is 5.25 Å². The monoisotopic (exact) mass is 245 g/mol. The molecule has 1 rings (SSSR count). The van der Waals surface area contributed by atoms with Crippen LogP contribution in [0.4, 0.5) is 0 Å². The van der Waals surface area contributed by atoms with Crippen LogP contribution >= 0.6 is 11.8 Å². The van der Waals surface area contributed by atoms with Gasteiger partial charge in [-0.2, -0.15) is 11.8 Å². The lowest BCUT2D eigenvalue weighted by Gasteiger charge is -2.35. The van der Waals surface area contributed by atoms with E-state index in [1.165, 1.54) is 25.7 Å². The molecule has 1 fully saturated rings. The van der Waals surface area contributed by atoms with E-state index >= 15 is 0 Å². The molecule has 2 unspecified atom stereocenters. The number of nitrogens with two attached hydrogens (primary N) is 1. The topological polar surface area (TPSA) is 63.3 Å². The number of hydrogen-bond acceptors (Lipinski definition) is 3. The quantitative estimate of drug-likeness (QED) is 0.798. The number of thioether (sulfide) groups is 1. The Balaban J connectivity index is 2.54. The second-order valence-corrected chi connectivity index (χ2v) is 7.39. The molecule has 94 valence electrons. The minimum absolute atomic E-state index is 0.381. The van der Waals surface area contributed by atoms with Gasteiger partial charge in [0.25, 0.3) is 0 Å². The van der Waals surface area contributed by atoms with E-state index < -0.39 is 12.0 Å². The van der Waals surface area contributed by atoms with Crippen molar-refractivity contribution < 1.29 is 9.90 Å². The first kappa shape index (κ1) is 13.8. The fraction of sp³-hybridized carbons (Fsp3) is 0.917. The van der Waals surface area contributed by atoms with Gasteiger partial charge in [0.05, 0.1) is 0 Å². The first-order valence-corrected chi connectivity index (χ1v) is 6.87. The smallest absolute Gasteiger partial charge is 0.321 e. The lowest BCUT2D eigenvalue weighted by molar-refractivity contribution is -0.139. The molecule has 0 heterocycles. The second-order valence-electron chi connectivity index (χ2n) is 5.43. The molecule has 0 amide bonds. The molecule has 0 saturated heterocycles. The van der Waals surface area contributed by atoms with E-state index in [2.05, 4.69) is 6.92 Å². The minimum atomic E-state index is -0.902. The average molecular weight is 245 g/mol. The van der Waals surface area contributed by atoms with Crippen LogP contribution in [0.25, 0.3) is 0 Å². The molecule has 1 aliphatic carbocycles. The fourth-order valence-electron chi connectivity index (χ4n) is 2.29. The highest BCUT2D eigenvalue weighted by Gasteiger charge is 2.35. The van der Waals surface area contributed by atoms with Crippen LogP contribution in [0.3, 0.4) is 0 Å². The van der Waals surface area contributed by atoms with Crippen molar-refractivity contribution in [1.82, 2.24) is 0 Å². The first-order chi connectivity index (χ1) is 7.33. The molecule has 0 bridgehead atoms. The molecule has 0 aromatic rings. The zero-order valence-corrected chi connectivity index (χ0v) is 11.2. The number of aliphatic carboxylic acids is 1. The molecule has 16 heavy (non-hydrogen) atoms. The molecule has 1 aliphatic rings. The van der Waals surface area contributed by atoms with E-state index in [0.717, 1.165) is 5.92 Å². The van der Waals surface area contributed by atoms with Crippen LogP contribution in [0.15, 0.2) is 0 Å². The van der Waals surface area contributed by atoms with E-state index in [4.69, 9.17) is 10.8 Å². The molecule has 3 atom stereocenters. The molecule has 0 aromatic carbocycles. The molecule has 0 aliphatic heterocycles. The number of carboxylic acids is 1. The molecule has 3 N–H and O–H groups in total. The van der Waals surface area contributed by atoms with Crippen molar-refractivity contribution in [1.29, 1.82) is 0 Å². The van der Waals surface area contributed by atoms with Crippen LogP contribution in [0.2, 0.25) is 0 Å². The fourth-order valence-corrected chi connectivity index (χ4v) is 4.10. The summed E-state index contributed by atoms with van der Waals surface area (Å²) in [4.78, 5) is 10.9. The van der Waals surface area contributed by atoms with Crippen molar-refractivity contribution in [3.05, 3.63) is 0 Å². The predicted molar refractivity (Wildman–Crippen MR) is 68.7 cm³/mol. The normalized spacial score (nSPS) is 28.8. The van der Waals surface area contributed by atoms with E-state index in [-0.39, 0.29) is 4.75 Å². The number of carbonyl (C=O) groups is 1. The van der Waals surface area contributed by atoms with E-state index in [1.54, 1.807) is 11.8 Å². The Morgan fingerprint density at radius 1 is 1.50 bits per heavy atom. The van der Waals surface area contributed by atoms with Gasteiger partial charge in [-0.1, -0.05) is 19.8 Å². The van der Waals surface area contributed by atoms with Gasteiger partial charge in [0, 0.05) is 10.00 Å². The summed E-state index contributed by atoms with van der Waals surface area (Å²) >= 11 is 1.76. The minimum Gasteiger partial charge on any atom is -0.480 e. The summed E-state index contributed by atoms with van der Waals surface area (Å²) in [6.07, 6.45) is 4.96. The van der Waals surface area contributed by atoms with Gasteiger partial charge in [0.2, 0.25) is 0 Å². The molecule has 0 aromatic heterocycles. The SMILES string of the molecule is CC1CCCC(SC(C)(C)[C@@H](N)C(=O)O)C1. The van der Waals surface area contributed by atoms with E-state index in [9.17, 15) is 4.79 Å². The third-order valence-electron chi connectivity index (χ3n) is 3.37. The summed E-state index contributed by atoms with van der Waals surface area (Å²) in [6.45, 7) is 6.16. The standard InChI is InChI=1S/C12H23NO2S/c1-8-5-4-6-9(7-8)16-12(2,3)10(13)11(14)15/h8-10H,4-7,13H2,1-3H3,(H,14,15)/t8?,9?,10-/m0/s1. The van der Waals surface area contributed by atoms with Gasteiger partial charge in [-0.15, -0.1) is 0 Å². The van der Waals surface area contributed by atoms with Crippen LogP contribution < -0.4 is 5.73 Å². The maximum Gasteiger partial charge on any atom is 0.321 e. The van der Waals surface area contributed by atoms with E-state index in [1.807, 2.05) is 13.8 Å². The zero-order valence-electron chi connectivity index (χ0n) is 10.4. The van der Waals surface area contributed by atoms with Crippen LogP contribution in [0.1, 0.15) is 46.5 Å². The van der Waals surface area contributed by atoms with Crippen LogP contribution in [0, 0.1) is 5.92 Å². The maximum atomic E-state index is 10.9.